The lowest BCUT2D eigenvalue weighted by molar-refractivity contribution is 0.0429. The molecular weight excluding hydrogens is 410 g/mol. The average Bonchev–Trinajstić information content (AvgIpc) is 3.14. The third-order valence-electron chi connectivity index (χ3n) is 3.63. The number of nitrogens with two attached hydrogens (primary N) is 1. The Bertz CT molecular complexity index is 1130. The highest BCUT2D eigenvalue weighted by Crippen LogP contribution is 2.27. The molecule has 0 saturated carbocycles. The van der Waals surface area contributed by atoms with Gasteiger partial charge in [0.05, 0.1) is 28.2 Å². The number of nitrogens with zero attached hydrogens (tertiary/aromatic N) is 2. The predicted molar refractivity (Wildman–Crippen MR) is 98.2 cm³/mol. The Morgan fingerprint density at radius 2 is 2.00 bits per heavy atom. The van der Waals surface area contributed by atoms with E-state index in [2.05, 4.69) is 10.1 Å². The highest BCUT2D eigenvalue weighted by atomic mass is 35.5. The first-order valence-corrected chi connectivity index (χ1v) is 9.67. The maximum atomic E-state index is 12.2. The van der Waals surface area contributed by atoms with Crippen molar-refractivity contribution >= 4 is 27.6 Å². The monoisotopic (exact) mass is 423 g/mol. The van der Waals surface area contributed by atoms with E-state index in [4.69, 9.17) is 30.7 Å². The van der Waals surface area contributed by atoms with Crippen molar-refractivity contribution in [2.24, 2.45) is 5.14 Å². The third kappa shape index (κ3) is 4.30. The van der Waals surface area contributed by atoms with E-state index in [0.717, 1.165) is 6.07 Å². The summed E-state index contributed by atoms with van der Waals surface area (Å²) >= 11 is 5.94. The fourth-order valence-corrected chi connectivity index (χ4v) is 3.03. The van der Waals surface area contributed by atoms with Gasteiger partial charge in [-0.1, -0.05) is 28.9 Å². The lowest BCUT2D eigenvalue weighted by atomic mass is 10.2. The van der Waals surface area contributed by atoms with E-state index in [1.165, 1.54) is 19.2 Å². The van der Waals surface area contributed by atoms with Crippen LogP contribution in [0.25, 0.3) is 11.4 Å². The zero-order valence-corrected chi connectivity index (χ0v) is 16.0. The maximum Gasteiger partial charge on any atom is 0.340 e. The minimum Gasteiger partial charge on any atom is -0.496 e. The number of primary sulfonamides is 1. The van der Waals surface area contributed by atoms with Gasteiger partial charge in [0.2, 0.25) is 15.8 Å². The number of aromatic nitrogens is 2. The quantitative estimate of drug-likeness (QED) is 0.597. The van der Waals surface area contributed by atoms with Crippen molar-refractivity contribution in [1.82, 2.24) is 10.1 Å². The summed E-state index contributed by atoms with van der Waals surface area (Å²) in [5.41, 5.74) is 0.452. The minimum atomic E-state index is -4.00. The average molecular weight is 424 g/mol. The second-order valence-electron chi connectivity index (χ2n) is 5.47. The number of methoxy groups -OCH3 is 1. The Hall–Kier alpha value is -2.95. The number of para-hydroxylation sites is 1. The standard InChI is InChI=1S/C17H14ClN3O6S/c1-25-14-5-3-2-4-11(14)16-20-15(27-21-16)9-26-17(22)12-8-10(28(19,23)24)6-7-13(12)18/h2-8H,9H2,1H3,(H2,19,23,24). The number of halogens is 1. The number of hydrogen-bond donors (Lipinski definition) is 1. The Balaban J connectivity index is 1.75. The number of ether oxygens (including phenoxy) is 2. The Morgan fingerprint density at radius 3 is 2.71 bits per heavy atom. The molecule has 0 aliphatic carbocycles. The molecule has 0 amide bonds. The summed E-state index contributed by atoms with van der Waals surface area (Å²) in [5.74, 6) is -0.0169. The zero-order chi connectivity index (χ0) is 20.3. The smallest absolute Gasteiger partial charge is 0.340 e. The van der Waals surface area contributed by atoms with Gasteiger partial charge in [0, 0.05) is 0 Å². The Morgan fingerprint density at radius 1 is 1.25 bits per heavy atom. The fraction of sp³-hybridized carbons (Fsp3) is 0.118. The van der Waals surface area contributed by atoms with Crippen molar-refractivity contribution in [2.75, 3.05) is 7.11 Å². The fourth-order valence-electron chi connectivity index (χ4n) is 2.30. The summed E-state index contributed by atoms with van der Waals surface area (Å²) in [7, 11) is -2.48. The van der Waals surface area contributed by atoms with Crippen LogP contribution >= 0.6 is 11.6 Å². The molecule has 28 heavy (non-hydrogen) atoms. The van der Waals surface area contributed by atoms with Crippen LogP contribution < -0.4 is 9.88 Å². The molecule has 0 atom stereocenters. The first-order valence-electron chi connectivity index (χ1n) is 7.75. The molecule has 11 heteroatoms. The van der Waals surface area contributed by atoms with Gasteiger partial charge in [0.15, 0.2) is 6.61 Å². The number of rotatable bonds is 6. The van der Waals surface area contributed by atoms with Crippen LogP contribution in [0.5, 0.6) is 5.75 Å². The van der Waals surface area contributed by atoms with Crippen LogP contribution in [-0.2, 0) is 21.4 Å². The summed E-state index contributed by atoms with van der Waals surface area (Å²) in [4.78, 5) is 16.1. The molecule has 3 rings (SSSR count). The van der Waals surface area contributed by atoms with Crippen LogP contribution in [0.4, 0.5) is 0 Å². The number of benzene rings is 2. The first kappa shape index (κ1) is 19.8. The van der Waals surface area contributed by atoms with Crippen LogP contribution in [0.15, 0.2) is 51.9 Å². The maximum absolute atomic E-state index is 12.2. The molecule has 2 aromatic carbocycles. The van der Waals surface area contributed by atoms with E-state index in [0.29, 0.717) is 11.3 Å². The van der Waals surface area contributed by atoms with Gasteiger partial charge >= 0.3 is 5.97 Å². The van der Waals surface area contributed by atoms with E-state index in [9.17, 15) is 13.2 Å². The first-order chi connectivity index (χ1) is 13.3. The zero-order valence-electron chi connectivity index (χ0n) is 14.5. The van der Waals surface area contributed by atoms with Crippen molar-refractivity contribution in [2.45, 2.75) is 11.5 Å². The molecule has 9 nitrogen and oxygen atoms in total. The molecule has 3 aromatic rings. The van der Waals surface area contributed by atoms with Gasteiger partial charge in [-0.25, -0.2) is 18.4 Å². The third-order valence-corrected chi connectivity index (χ3v) is 4.87. The molecule has 1 heterocycles. The van der Waals surface area contributed by atoms with E-state index >= 15 is 0 Å². The number of carbonyl (C=O) groups is 1. The van der Waals surface area contributed by atoms with Crippen LogP contribution in [0, 0.1) is 0 Å². The van der Waals surface area contributed by atoms with Crippen LogP contribution in [0.2, 0.25) is 5.02 Å². The van der Waals surface area contributed by atoms with E-state index in [-0.39, 0.29) is 33.8 Å². The summed E-state index contributed by atoms with van der Waals surface area (Å²) in [6, 6.07) is 10.5. The molecule has 0 spiro atoms. The van der Waals surface area contributed by atoms with E-state index in [1.807, 2.05) is 0 Å². The van der Waals surface area contributed by atoms with E-state index in [1.54, 1.807) is 24.3 Å². The predicted octanol–water partition coefficient (Wildman–Crippen LogP) is 2.40. The Labute approximate surface area is 165 Å². The molecule has 0 bridgehead atoms. The largest absolute Gasteiger partial charge is 0.496 e. The number of sulfonamides is 1. The number of carbonyl (C=O) groups excluding carboxylic acids is 1. The highest BCUT2D eigenvalue weighted by molar-refractivity contribution is 7.89. The van der Waals surface area contributed by atoms with Gasteiger partial charge in [0.1, 0.15) is 5.75 Å². The molecule has 2 N–H and O–H groups in total. The van der Waals surface area contributed by atoms with Crippen LogP contribution in [0.1, 0.15) is 16.2 Å². The van der Waals surface area contributed by atoms with Gasteiger partial charge < -0.3 is 14.0 Å². The summed E-state index contributed by atoms with van der Waals surface area (Å²) in [6.07, 6.45) is 0. The topological polar surface area (TPSA) is 135 Å². The van der Waals surface area contributed by atoms with Gasteiger partial charge in [-0.05, 0) is 30.3 Å². The lowest BCUT2D eigenvalue weighted by Crippen LogP contribution is -2.14. The molecule has 1 aromatic heterocycles. The molecule has 0 fully saturated rings. The van der Waals surface area contributed by atoms with Gasteiger partial charge in [-0.2, -0.15) is 4.98 Å². The molecule has 0 radical (unpaired) electrons. The molecule has 0 aliphatic heterocycles. The van der Waals surface area contributed by atoms with Crippen LogP contribution in [-0.4, -0.2) is 31.6 Å². The molecule has 0 unspecified atom stereocenters. The summed E-state index contributed by atoms with van der Waals surface area (Å²) < 4.78 is 38.2. The van der Waals surface area contributed by atoms with E-state index < -0.39 is 16.0 Å². The normalized spacial score (nSPS) is 11.2. The molecule has 0 saturated heterocycles. The highest BCUT2D eigenvalue weighted by Gasteiger charge is 2.19. The van der Waals surface area contributed by atoms with Gasteiger partial charge in [-0.15, -0.1) is 0 Å². The van der Waals surface area contributed by atoms with Crippen molar-refractivity contribution < 1.29 is 27.2 Å². The van der Waals surface area contributed by atoms with Crippen molar-refractivity contribution in [3.05, 3.63) is 58.9 Å². The second-order valence-corrected chi connectivity index (χ2v) is 7.44. The van der Waals surface area contributed by atoms with Crippen LogP contribution in [0.3, 0.4) is 0 Å². The SMILES string of the molecule is COc1ccccc1-c1noc(COC(=O)c2cc(S(N)(=O)=O)ccc2Cl)n1. The second kappa shape index (κ2) is 7.97. The number of esters is 1. The van der Waals surface area contributed by atoms with Crippen molar-refractivity contribution in [1.29, 1.82) is 0 Å². The molecule has 146 valence electrons. The molecule has 0 aliphatic rings. The molecular formula is C17H14ClN3O6S. The summed E-state index contributed by atoms with van der Waals surface area (Å²) in [6.45, 7) is -0.336. The van der Waals surface area contributed by atoms with Crippen molar-refractivity contribution in [3.63, 3.8) is 0 Å². The lowest BCUT2D eigenvalue weighted by Gasteiger charge is -2.06. The van der Waals surface area contributed by atoms with Gasteiger partial charge in [-0.3, -0.25) is 0 Å². The summed E-state index contributed by atoms with van der Waals surface area (Å²) in [5, 5.41) is 8.90. The Kier molecular flexibility index (Phi) is 5.63. The van der Waals surface area contributed by atoms with Gasteiger partial charge in [0.25, 0.3) is 5.89 Å². The number of hydrogen-bond acceptors (Lipinski definition) is 8. The van der Waals surface area contributed by atoms with Crippen molar-refractivity contribution in [3.8, 4) is 17.1 Å². The minimum absolute atomic E-state index is 0.0117.